The molecule has 1 aromatic carbocycles. The minimum absolute atomic E-state index is 0.0334. The summed E-state index contributed by atoms with van der Waals surface area (Å²) in [5.41, 5.74) is 4.15. The van der Waals surface area contributed by atoms with Crippen LogP contribution in [0.25, 0.3) is 11.0 Å². The number of fused-ring (bicyclic) bond motifs is 1. The van der Waals surface area contributed by atoms with Gasteiger partial charge in [-0.2, -0.15) is 13.2 Å². The third-order valence-electron chi connectivity index (χ3n) is 6.98. The second-order valence-corrected chi connectivity index (χ2v) is 9.52. The van der Waals surface area contributed by atoms with Crippen LogP contribution < -0.4 is 10.6 Å². The van der Waals surface area contributed by atoms with Crippen LogP contribution in [-0.4, -0.2) is 39.7 Å². The highest BCUT2D eigenvalue weighted by Crippen LogP contribution is 2.46. The van der Waals surface area contributed by atoms with Crippen LogP contribution in [0.15, 0.2) is 48.8 Å². The molecule has 2 aliphatic carbocycles. The molecular formula is C26H25F3N4O3. The molecule has 0 spiro atoms. The number of amides is 1. The lowest BCUT2D eigenvalue weighted by molar-refractivity contribution is -0.152. The summed E-state index contributed by atoms with van der Waals surface area (Å²) < 4.78 is 41.4. The van der Waals surface area contributed by atoms with Gasteiger partial charge in [-0.15, -0.1) is 0 Å². The van der Waals surface area contributed by atoms with E-state index < -0.39 is 42.4 Å². The monoisotopic (exact) mass is 498 g/mol. The minimum atomic E-state index is -4.56. The number of halogens is 3. The summed E-state index contributed by atoms with van der Waals surface area (Å²) in [5, 5.41) is 14.6. The molecule has 5 rings (SSSR count). The van der Waals surface area contributed by atoms with Gasteiger partial charge in [-0.05, 0) is 61.4 Å². The van der Waals surface area contributed by atoms with Gasteiger partial charge >= 0.3 is 12.1 Å². The Kier molecular flexibility index (Phi) is 6.27. The van der Waals surface area contributed by atoms with Crippen molar-refractivity contribution in [2.45, 2.75) is 43.7 Å². The SMILES string of the molecule is O=C(O)C1CC(C(=O)NC[C@H](c2ccc(Nc3cnc4cccnc4c3C3CC3)cc2)C(F)(F)F)C1. The number of carboxylic acid groups (broad SMARTS) is 1. The van der Waals surface area contributed by atoms with Crippen LogP contribution in [0.5, 0.6) is 0 Å². The Morgan fingerprint density at radius 3 is 2.42 bits per heavy atom. The van der Waals surface area contributed by atoms with Gasteiger partial charge in [0, 0.05) is 29.9 Å². The molecule has 1 amide bonds. The fourth-order valence-corrected chi connectivity index (χ4v) is 4.68. The van der Waals surface area contributed by atoms with E-state index in [1.807, 2.05) is 12.1 Å². The summed E-state index contributed by atoms with van der Waals surface area (Å²) in [6.07, 6.45) is 1.31. The molecule has 188 valence electrons. The Balaban J connectivity index is 1.29. The number of nitrogens with one attached hydrogen (secondary N) is 2. The number of aliphatic carboxylic acids is 1. The first-order valence-electron chi connectivity index (χ1n) is 11.9. The number of carbonyl (C=O) groups excluding carboxylic acids is 1. The summed E-state index contributed by atoms with van der Waals surface area (Å²) in [4.78, 5) is 32.1. The molecule has 2 heterocycles. The Bertz CT molecular complexity index is 1290. The third kappa shape index (κ3) is 4.98. The largest absolute Gasteiger partial charge is 0.481 e. The molecule has 0 bridgehead atoms. The lowest BCUT2D eigenvalue weighted by atomic mass is 9.74. The number of rotatable bonds is 8. The molecule has 0 unspecified atom stereocenters. The highest BCUT2D eigenvalue weighted by Gasteiger charge is 2.43. The Hall–Kier alpha value is -3.69. The highest BCUT2D eigenvalue weighted by molar-refractivity contribution is 5.85. The number of alkyl halides is 3. The standard InChI is InChI=1S/C26H25F3N4O3/c27-26(28,29)19(12-32-24(34)16-10-17(11-16)25(35)36)14-5-7-18(8-6-14)33-21-13-31-20-2-1-9-30-23(20)22(21)15-3-4-15/h1-2,5-9,13,15-17,19,33H,3-4,10-12H2,(H,32,34)(H,35,36)/t16?,17?,19-/m1/s1. The molecule has 0 aliphatic heterocycles. The van der Waals surface area contributed by atoms with Gasteiger partial charge in [-0.1, -0.05) is 12.1 Å². The van der Waals surface area contributed by atoms with Crippen molar-refractivity contribution in [1.82, 2.24) is 15.3 Å². The van der Waals surface area contributed by atoms with Crippen LogP contribution in [0.3, 0.4) is 0 Å². The zero-order valence-electron chi connectivity index (χ0n) is 19.3. The zero-order valence-corrected chi connectivity index (χ0v) is 19.3. The molecule has 2 fully saturated rings. The van der Waals surface area contributed by atoms with E-state index in [1.165, 1.54) is 12.1 Å². The van der Waals surface area contributed by atoms with Gasteiger partial charge in [0.25, 0.3) is 0 Å². The van der Waals surface area contributed by atoms with Crippen molar-refractivity contribution >= 4 is 34.3 Å². The zero-order chi connectivity index (χ0) is 25.4. The summed E-state index contributed by atoms with van der Waals surface area (Å²) in [6, 6.07) is 9.70. The summed E-state index contributed by atoms with van der Waals surface area (Å²) in [7, 11) is 0. The first-order valence-corrected chi connectivity index (χ1v) is 11.9. The van der Waals surface area contributed by atoms with E-state index in [-0.39, 0.29) is 18.4 Å². The van der Waals surface area contributed by atoms with E-state index in [0.29, 0.717) is 11.6 Å². The predicted molar refractivity (Wildman–Crippen MR) is 127 cm³/mol. The molecule has 2 saturated carbocycles. The number of nitrogens with zero attached hydrogens (tertiary/aromatic N) is 2. The van der Waals surface area contributed by atoms with Gasteiger partial charge < -0.3 is 15.7 Å². The molecule has 10 heteroatoms. The highest BCUT2D eigenvalue weighted by atomic mass is 19.4. The van der Waals surface area contributed by atoms with Crippen LogP contribution in [-0.2, 0) is 9.59 Å². The molecule has 36 heavy (non-hydrogen) atoms. The molecule has 0 radical (unpaired) electrons. The first kappa shape index (κ1) is 24.0. The van der Waals surface area contributed by atoms with E-state index in [0.717, 1.165) is 35.1 Å². The molecule has 2 aliphatic rings. The van der Waals surface area contributed by atoms with Gasteiger partial charge in [-0.3, -0.25) is 19.6 Å². The molecular weight excluding hydrogens is 473 g/mol. The van der Waals surface area contributed by atoms with Crippen LogP contribution in [0.1, 0.15) is 48.6 Å². The van der Waals surface area contributed by atoms with Crippen LogP contribution >= 0.6 is 0 Å². The molecule has 3 aromatic rings. The maximum absolute atomic E-state index is 13.8. The summed E-state index contributed by atoms with van der Waals surface area (Å²) in [5.74, 6) is -4.18. The van der Waals surface area contributed by atoms with Crippen molar-refractivity contribution in [3.05, 3.63) is 59.9 Å². The predicted octanol–water partition coefficient (Wildman–Crippen LogP) is 5.12. The topological polar surface area (TPSA) is 104 Å². The average Bonchev–Trinajstić information content (AvgIpc) is 3.63. The molecule has 1 atom stereocenters. The number of carboxylic acids is 1. The smallest absolute Gasteiger partial charge is 0.397 e. The normalized spacial score (nSPS) is 20.4. The Labute approximate surface area is 205 Å². The van der Waals surface area contributed by atoms with E-state index >= 15 is 0 Å². The van der Waals surface area contributed by atoms with E-state index in [4.69, 9.17) is 5.11 Å². The van der Waals surface area contributed by atoms with Crippen molar-refractivity contribution in [2.75, 3.05) is 11.9 Å². The average molecular weight is 499 g/mol. The van der Waals surface area contributed by atoms with Crippen molar-refractivity contribution in [3.63, 3.8) is 0 Å². The summed E-state index contributed by atoms with van der Waals surface area (Å²) >= 11 is 0. The maximum atomic E-state index is 13.8. The number of benzene rings is 1. The Morgan fingerprint density at radius 2 is 1.78 bits per heavy atom. The van der Waals surface area contributed by atoms with Gasteiger partial charge in [0.2, 0.25) is 5.91 Å². The lowest BCUT2D eigenvalue weighted by Gasteiger charge is -2.31. The van der Waals surface area contributed by atoms with Gasteiger partial charge in [0.1, 0.15) is 0 Å². The molecule has 2 aromatic heterocycles. The molecule has 0 saturated heterocycles. The number of anilines is 2. The number of hydrogen-bond acceptors (Lipinski definition) is 5. The number of aromatic nitrogens is 2. The number of hydrogen-bond donors (Lipinski definition) is 3. The van der Waals surface area contributed by atoms with Gasteiger partial charge in [0.15, 0.2) is 0 Å². The lowest BCUT2D eigenvalue weighted by Crippen LogP contribution is -2.43. The van der Waals surface area contributed by atoms with Crippen molar-refractivity contribution in [1.29, 1.82) is 0 Å². The molecule has 7 nitrogen and oxygen atoms in total. The maximum Gasteiger partial charge on any atom is 0.397 e. The van der Waals surface area contributed by atoms with Crippen molar-refractivity contribution in [3.8, 4) is 0 Å². The van der Waals surface area contributed by atoms with Crippen LogP contribution in [0.4, 0.5) is 24.5 Å². The number of carbonyl (C=O) groups is 2. The number of pyridine rings is 2. The van der Waals surface area contributed by atoms with Crippen LogP contribution in [0, 0.1) is 11.8 Å². The van der Waals surface area contributed by atoms with Crippen molar-refractivity contribution in [2.24, 2.45) is 11.8 Å². The van der Waals surface area contributed by atoms with E-state index in [2.05, 4.69) is 20.6 Å². The minimum Gasteiger partial charge on any atom is -0.481 e. The van der Waals surface area contributed by atoms with E-state index in [1.54, 1.807) is 24.5 Å². The van der Waals surface area contributed by atoms with Gasteiger partial charge in [-0.25, -0.2) is 0 Å². The fourth-order valence-electron chi connectivity index (χ4n) is 4.68. The first-order chi connectivity index (χ1) is 17.2. The van der Waals surface area contributed by atoms with Gasteiger partial charge in [0.05, 0.1) is 34.8 Å². The summed E-state index contributed by atoms with van der Waals surface area (Å²) in [6.45, 7) is -0.602. The van der Waals surface area contributed by atoms with Crippen molar-refractivity contribution < 1.29 is 27.9 Å². The Morgan fingerprint density at radius 1 is 1.06 bits per heavy atom. The quantitative estimate of drug-likeness (QED) is 0.398. The second-order valence-electron chi connectivity index (χ2n) is 9.52. The fraction of sp³-hybridized carbons (Fsp3) is 0.385. The second kappa shape index (κ2) is 9.40. The third-order valence-corrected chi connectivity index (χ3v) is 6.98. The van der Waals surface area contributed by atoms with E-state index in [9.17, 15) is 22.8 Å². The van der Waals surface area contributed by atoms with Crippen LogP contribution in [0.2, 0.25) is 0 Å². The molecule has 3 N–H and O–H groups in total.